The highest BCUT2D eigenvalue weighted by Gasteiger charge is 2.42. The fourth-order valence-corrected chi connectivity index (χ4v) is 3.69. The van der Waals surface area contributed by atoms with Crippen molar-refractivity contribution in [3.05, 3.63) is 54.1 Å². The molecule has 2 aromatic carbocycles. The molecule has 2 heterocycles. The minimum absolute atomic E-state index is 0.0253. The lowest BCUT2D eigenvalue weighted by Gasteiger charge is -2.25. The monoisotopic (exact) mass is 366 g/mol. The number of likely N-dealkylation sites (tertiary alicyclic amines) is 1. The van der Waals surface area contributed by atoms with Crippen LogP contribution in [0.1, 0.15) is 24.4 Å². The molecule has 2 aliphatic rings. The molecule has 1 N–H and O–H groups in total. The van der Waals surface area contributed by atoms with Gasteiger partial charge in [-0.25, -0.2) is 0 Å². The maximum atomic E-state index is 13.0. The van der Waals surface area contributed by atoms with Crippen molar-refractivity contribution in [1.29, 1.82) is 0 Å². The van der Waals surface area contributed by atoms with Crippen LogP contribution in [0, 0.1) is 5.92 Å². The van der Waals surface area contributed by atoms with E-state index < -0.39 is 5.92 Å². The third-order valence-corrected chi connectivity index (χ3v) is 5.08. The summed E-state index contributed by atoms with van der Waals surface area (Å²) in [6.45, 7) is 1.20. The quantitative estimate of drug-likeness (QED) is 0.907. The fourth-order valence-electron chi connectivity index (χ4n) is 3.69. The Morgan fingerprint density at radius 3 is 2.59 bits per heavy atom. The molecule has 0 bridgehead atoms. The Labute approximate surface area is 158 Å². The Morgan fingerprint density at radius 1 is 1.07 bits per heavy atom. The van der Waals surface area contributed by atoms with Crippen molar-refractivity contribution in [3.63, 3.8) is 0 Å². The van der Waals surface area contributed by atoms with Gasteiger partial charge in [0.1, 0.15) is 0 Å². The zero-order valence-electron chi connectivity index (χ0n) is 15.2. The molecular weight excluding hydrogens is 344 g/mol. The largest absolute Gasteiger partial charge is 0.490 e. The highest BCUT2D eigenvalue weighted by molar-refractivity contribution is 5.98. The number of ether oxygens (including phenoxy) is 2. The number of carbonyl (C=O) groups is 2. The number of rotatable bonds is 3. The zero-order chi connectivity index (χ0) is 18.8. The summed E-state index contributed by atoms with van der Waals surface area (Å²) in [6, 6.07) is 14.8. The van der Waals surface area contributed by atoms with Crippen molar-refractivity contribution >= 4 is 17.5 Å². The first-order chi connectivity index (χ1) is 13.1. The SMILES string of the molecule is CN1C(=O)CC(C(=O)Nc2ccc3c(c2)OCCCO3)C1c1ccccc1. The number of amides is 2. The predicted octanol–water partition coefficient (Wildman–Crippen LogP) is 3.01. The van der Waals surface area contributed by atoms with Crippen molar-refractivity contribution in [2.45, 2.75) is 18.9 Å². The second kappa shape index (κ2) is 7.31. The summed E-state index contributed by atoms with van der Waals surface area (Å²) in [4.78, 5) is 26.9. The van der Waals surface area contributed by atoms with Gasteiger partial charge in [-0.15, -0.1) is 0 Å². The Hall–Kier alpha value is -3.02. The van der Waals surface area contributed by atoms with E-state index in [2.05, 4.69) is 5.32 Å². The van der Waals surface area contributed by atoms with Crippen LogP contribution in [0.25, 0.3) is 0 Å². The van der Waals surface area contributed by atoms with Gasteiger partial charge in [0, 0.05) is 31.6 Å². The number of fused-ring (bicyclic) bond motifs is 1. The summed E-state index contributed by atoms with van der Waals surface area (Å²) in [5, 5.41) is 2.94. The summed E-state index contributed by atoms with van der Waals surface area (Å²) < 4.78 is 11.3. The number of benzene rings is 2. The Morgan fingerprint density at radius 2 is 1.81 bits per heavy atom. The van der Waals surface area contributed by atoms with Gasteiger partial charge in [0.25, 0.3) is 0 Å². The summed E-state index contributed by atoms with van der Waals surface area (Å²) in [6.07, 6.45) is 1.03. The molecule has 0 aromatic heterocycles. The first-order valence-electron chi connectivity index (χ1n) is 9.14. The average Bonchev–Trinajstić information content (AvgIpc) is 2.85. The third-order valence-electron chi connectivity index (χ3n) is 5.08. The summed E-state index contributed by atoms with van der Waals surface area (Å²) in [5.41, 5.74) is 1.60. The minimum Gasteiger partial charge on any atom is -0.490 e. The standard InChI is InChI=1S/C21H22N2O4/c1-23-19(24)13-16(20(23)14-6-3-2-4-7-14)21(25)22-15-8-9-17-18(12-15)27-11-5-10-26-17/h2-4,6-9,12,16,20H,5,10-11,13H2,1H3,(H,22,25). The summed E-state index contributed by atoms with van der Waals surface area (Å²) in [5.74, 6) is 0.674. The maximum Gasteiger partial charge on any atom is 0.230 e. The van der Waals surface area contributed by atoms with E-state index >= 15 is 0 Å². The number of carbonyl (C=O) groups excluding carboxylic acids is 2. The van der Waals surface area contributed by atoms with Crippen LogP contribution in [-0.4, -0.2) is 37.0 Å². The van der Waals surface area contributed by atoms with Gasteiger partial charge >= 0.3 is 0 Å². The van der Waals surface area contributed by atoms with Crippen molar-refractivity contribution in [2.24, 2.45) is 5.92 Å². The van der Waals surface area contributed by atoms with Gasteiger partial charge in [-0.3, -0.25) is 9.59 Å². The first kappa shape index (κ1) is 17.4. The summed E-state index contributed by atoms with van der Waals surface area (Å²) in [7, 11) is 1.75. The number of hydrogen-bond donors (Lipinski definition) is 1. The van der Waals surface area contributed by atoms with Crippen LogP contribution in [0.5, 0.6) is 11.5 Å². The predicted molar refractivity (Wildman–Crippen MR) is 101 cm³/mol. The molecule has 2 amide bonds. The van der Waals surface area contributed by atoms with Crippen LogP contribution >= 0.6 is 0 Å². The van der Waals surface area contributed by atoms with Crippen LogP contribution in [0.15, 0.2) is 48.5 Å². The normalized spacial score (nSPS) is 21.7. The minimum atomic E-state index is -0.444. The molecule has 140 valence electrons. The molecule has 2 aliphatic heterocycles. The van der Waals surface area contributed by atoms with E-state index in [9.17, 15) is 9.59 Å². The van der Waals surface area contributed by atoms with E-state index in [0.717, 1.165) is 12.0 Å². The lowest BCUT2D eigenvalue weighted by atomic mass is 9.93. The first-order valence-corrected chi connectivity index (χ1v) is 9.14. The van der Waals surface area contributed by atoms with E-state index in [0.29, 0.717) is 30.4 Å². The highest BCUT2D eigenvalue weighted by atomic mass is 16.5. The number of nitrogens with zero attached hydrogens (tertiary/aromatic N) is 1. The van der Waals surface area contributed by atoms with Crippen LogP contribution < -0.4 is 14.8 Å². The van der Waals surface area contributed by atoms with E-state index in [4.69, 9.17) is 9.47 Å². The molecule has 27 heavy (non-hydrogen) atoms. The van der Waals surface area contributed by atoms with Crippen molar-refractivity contribution < 1.29 is 19.1 Å². The van der Waals surface area contributed by atoms with Gasteiger partial charge in [-0.1, -0.05) is 30.3 Å². The smallest absolute Gasteiger partial charge is 0.230 e. The lowest BCUT2D eigenvalue weighted by molar-refractivity contribution is -0.127. The van der Waals surface area contributed by atoms with E-state index in [1.807, 2.05) is 30.3 Å². The number of anilines is 1. The average molecular weight is 366 g/mol. The van der Waals surface area contributed by atoms with Gasteiger partial charge < -0.3 is 19.7 Å². The maximum absolute atomic E-state index is 13.0. The Bertz CT molecular complexity index is 853. The second-order valence-electron chi connectivity index (χ2n) is 6.87. The third kappa shape index (κ3) is 3.47. The van der Waals surface area contributed by atoms with Gasteiger partial charge in [0.2, 0.25) is 11.8 Å². The Kier molecular flexibility index (Phi) is 4.71. The molecule has 0 saturated carbocycles. The fraction of sp³-hybridized carbons (Fsp3) is 0.333. The van der Waals surface area contributed by atoms with Gasteiger partial charge in [0.05, 0.1) is 25.2 Å². The number of nitrogens with one attached hydrogen (secondary N) is 1. The van der Waals surface area contributed by atoms with E-state index in [1.54, 1.807) is 30.1 Å². The van der Waals surface area contributed by atoms with Gasteiger partial charge in [-0.05, 0) is 17.7 Å². The van der Waals surface area contributed by atoms with Gasteiger partial charge in [-0.2, -0.15) is 0 Å². The molecule has 2 atom stereocenters. The molecule has 2 unspecified atom stereocenters. The molecule has 6 heteroatoms. The lowest BCUT2D eigenvalue weighted by Crippen LogP contribution is -2.30. The molecule has 0 aliphatic carbocycles. The molecule has 0 spiro atoms. The Balaban J connectivity index is 1.55. The summed E-state index contributed by atoms with van der Waals surface area (Å²) >= 11 is 0. The van der Waals surface area contributed by atoms with E-state index in [-0.39, 0.29) is 24.3 Å². The topological polar surface area (TPSA) is 67.9 Å². The van der Waals surface area contributed by atoms with E-state index in [1.165, 1.54) is 0 Å². The molecule has 2 aromatic rings. The van der Waals surface area contributed by atoms with Crippen LogP contribution in [-0.2, 0) is 9.59 Å². The second-order valence-corrected chi connectivity index (χ2v) is 6.87. The zero-order valence-corrected chi connectivity index (χ0v) is 15.2. The molecule has 0 radical (unpaired) electrons. The molecule has 1 saturated heterocycles. The van der Waals surface area contributed by atoms with Crippen molar-refractivity contribution in [1.82, 2.24) is 4.90 Å². The number of hydrogen-bond acceptors (Lipinski definition) is 4. The van der Waals surface area contributed by atoms with Crippen molar-refractivity contribution in [2.75, 3.05) is 25.6 Å². The molecule has 1 fully saturated rings. The molecule has 4 rings (SSSR count). The van der Waals surface area contributed by atoms with Gasteiger partial charge in [0.15, 0.2) is 11.5 Å². The van der Waals surface area contributed by atoms with Crippen molar-refractivity contribution in [3.8, 4) is 11.5 Å². The highest BCUT2D eigenvalue weighted by Crippen LogP contribution is 2.38. The molecule has 6 nitrogen and oxygen atoms in total. The molecular formula is C21H22N2O4. The van der Waals surface area contributed by atoms with Crippen LogP contribution in [0.4, 0.5) is 5.69 Å². The van der Waals surface area contributed by atoms with Crippen LogP contribution in [0.3, 0.4) is 0 Å². The van der Waals surface area contributed by atoms with Crippen LogP contribution in [0.2, 0.25) is 0 Å².